The van der Waals surface area contributed by atoms with E-state index in [0.29, 0.717) is 5.82 Å². The lowest BCUT2D eigenvalue weighted by atomic mass is 10.2. The normalized spacial score (nSPS) is 12.1. The highest BCUT2D eigenvalue weighted by Gasteiger charge is 2.18. The van der Waals surface area contributed by atoms with Crippen molar-refractivity contribution in [2.45, 2.75) is 19.9 Å². The molecule has 0 saturated heterocycles. The number of anilines is 1. The van der Waals surface area contributed by atoms with Crippen LogP contribution in [0.2, 0.25) is 0 Å². The summed E-state index contributed by atoms with van der Waals surface area (Å²) in [6, 6.07) is 5.47. The second-order valence-electron chi connectivity index (χ2n) is 4.02. The molecule has 0 spiro atoms. The first-order valence-electron chi connectivity index (χ1n) is 5.49. The molecule has 2 heterocycles. The van der Waals surface area contributed by atoms with Gasteiger partial charge in [0, 0.05) is 17.1 Å². The molecule has 0 aromatic carbocycles. The molecule has 2 aromatic heterocycles. The van der Waals surface area contributed by atoms with E-state index in [1.54, 1.807) is 24.5 Å². The van der Waals surface area contributed by atoms with Crippen LogP contribution >= 0.6 is 11.3 Å². The van der Waals surface area contributed by atoms with Crippen molar-refractivity contribution in [3.8, 4) is 0 Å². The predicted molar refractivity (Wildman–Crippen MR) is 72.0 cm³/mol. The third kappa shape index (κ3) is 2.65. The lowest BCUT2D eigenvalue weighted by Gasteiger charge is -2.12. The Morgan fingerprint density at radius 1 is 1.56 bits per heavy atom. The van der Waals surface area contributed by atoms with Crippen molar-refractivity contribution in [1.82, 2.24) is 4.98 Å². The van der Waals surface area contributed by atoms with E-state index in [2.05, 4.69) is 10.3 Å². The quantitative estimate of drug-likeness (QED) is 0.676. The third-order valence-corrected chi connectivity index (χ3v) is 3.58. The zero-order valence-corrected chi connectivity index (χ0v) is 10.9. The van der Waals surface area contributed by atoms with Gasteiger partial charge in [-0.15, -0.1) is 11.3 Å². The summed E-state index contributed by atoms with van der Waals surface area (Å²) in [5.74, 6) is 0.312. The highest BCUT2D eigenvalue weighted by molar-refractivity contribution is 7.10. The maximum atomic E-state index is 11.0. The smallest absolute Gasteiger partial charge is 0.311 e. The van der Waals surface area contributed by atoms with Crippen molar-refractivity contribution in [2.24, 2.45) is 0 Å². The minimum atomic E-state index is -0.413. The Morgan fingerprint density at radius 2 is 2.33 bits per heavy atom. The Morgan fingerprint density at radius 3 is 2.94 bits per heavy atom. The van der Waals surface area contributed by atoms with Gasteiger partial charge in [0.25, 0.3) is 0 Å². The first kappa shape index (κ1) is 12.5. The maximum Gasteiger partial charge on any atom is 0.311 e. The van der Waals surface area contributed by atoms with E-state index in [1.165, 1.54) is 6.07 Å². The van der Waals surface area contributed by atoms with E-state index in [4.69, 9.17) is 0 Å². The van der Waals surface area contributed by atoms with Crippen LogP contribution in [0.15, 0.2) is 29.8 Å². The largest absolute Gasteiger partial charge is 0.357 e. The van der Waals surface area contributed by atoms with Gasteiger partial charge >= 0.3 is 5.69 Å². The van der Waals surface area contributed by atoms with Gasteiger partial charge in [-0.1, -0.05) is 6.07 Å². The predicted octanol–water partition coefficient (Wildman–Crippen LogP) is 3.53. The number of aromatic nitrogens is 1. The molecule has 1 unspecified atom stereocenters. The summed E-state index contributed by atoms with van der Waals surface area (Å²) in [7, 11) is 0. The Bertz CT molecular complexity index is 554. The van der Waals surface area contributed by atoms with Crippen molar-refractivity contribution in [1.29, 1.82) is 0 Å². The molecular formula is C12H13N3O2S. The van der Waals surface area contributed by atoms with Crippen LogP contribution in [0, 0.1) is 17.0 Å². The Balaban J connectivity index is 2.26. The van der Waals surface area contributed by atoms with E-state index >= 15 is 0 Å². The van der Waals surface area contributed by atoms with Crippen LogP contribution in [0.5, 0.6) is 0 Å². The van der Waals surface area contributed by atoms with Crippen molar-refractivity contribution in [3.63, 3.8) is 0 Å². The standard InChI is InChI=1S/C12H13N3O2S/c1-8-6-10(15(16)17)12(13-7-8)14-9(2)11-4-3-5-18-11/h3-7,9H,1-2H3,(H,13,14). The van der Waals surface area contributed by atoms with E-state index in [9.17, 15) is 10.1 Å². The second-order valence-corrected chi connectivity index (χ2v) is 5.00. The van der Waals surface area contributed by atoms with Crippen molar-refractivity contribution >= 4 is 22.8 Å². The zero-order valence-electron chi connectivity index (χ0n) is 10.1. The summed E-state index contributed by atoms with van der Waals surface area (Å²) in [5, 5.41) is 16.0. The van der Waals surface area contributed by atoms with Crippen molar-refractivity contribution in [2.75, 3.05) is 5.32 Å². The van der Waals surface area contributed by atoms with E-state index < -0.39 is 4.92 Å². The van der Waals surface area contributed by atoms with Crippen LogP contribution in [0.1, 0.15) is 23.4 Å². The van der Waals surface area contributed by atoms with E-state index in [1.807, 2.05) is 24.4 Å². The van der Waals surface area contributed by atoms with E-state index in [0.717, 1.165) is 10.4 Å². The summed E-state index contributed by atoms with van der Waals surface area (Å²) in [4.78, 5) is 15.8. The first-order chi connectivity index (χ1) is 8.58. The number of pyridine rings is 1. The number of hydrogen-bond acceptors (Lipinski definition) is 5. The molecular weight excluding hydrogens is 250 g/mol. The molecule has 6 heteroatoms. The summed E-state index contributed by atoms with van der Waals surface area (Å²) in [6.07, 6.45) is 1.62. The molecule has 0 radical (unpaired) electrons. The first-order valence-corrected chi connectivity index (χ1v) is 6.37. The van der Waals surface area contributed by atoms with Crippen LogP contribution in [-0.2, 0) is 0 Å². The number of thiophene rings is 1. The van der Waals surface area contributed by atoms with Crippen LogP contribution in [-0.4, -0.2) is 9.91 Å². The Kier molecular flexibility index (Phi) is 3.57. The second kappa shape index (κ2) is 5.14. The third-order valence-electron chi connectivity index (χ3n) is 2.52. The Hall–Kier alpha value is -1.95. The molecule has 0 aliphatic rings. The number of nitro groups is 1. The molecule has 0 fully saturated rings. The molecule has 0 aliphatic heterocycles. The minimum Gasteiger partial charge on any atom is -0.357 e. The fourth-order valence-electron chi connectivity index (χ4n) is 1.62. The molecule has 1 atom stereocenters. The fraction of sp³-hybridized carbons (Fsp3) is 0.250. The van der Waals surface area contributed by atoms with Crippen LogP contribution < -0.4 is 5.32 Å². The van der Waals surface area contributed by atoms with Crippen LogP contribution in [0.3, 0.4) is 0 Å². The van der Waals surface area contributed by atoms with Gasteiger partial charge in [-0.25, -0.2) is 4.98 Å². The maximum absolute atomic E-state index is 11.0. The highest BCUT2D eigenvalue weighted by atomic mass is 32.1. The highest BCUT2D eigenvalue weighted by Crippen LogP contribution is 2.28. The average molecular weight is 263 g/mol. The summed E-state index contributed by atoms with van der Waals surface area (Å²) >= 11 is 1.61. The van der Waals surface area contributed by atoms with Gasteiger partial charge < -0.3 is 5.32 Å². The molecule has 2 rings (SSSR count). The monoisotopic (exact) mass is 263 g/mol. The number of rotatable bonds is 4. The molecule has 2 aromatic rings. The molecule has 0 amide bonds. The number of nitrogens with zero attached hydrogens (tertiary/aromatic N) is 2. The van der Waals surface area contributed by atoms with Gasteiger partial charge in [0.2, 0.25) is 5.82 Å². The number of hydrogen-bond donors (Lipinski definition) is 1. The van der Waals surface area contributed by atoms with Crippen LogP contribution in [0.25, 0.3) is 0 Å². The molecule has 18 heavy (non-hydrogen) atoms. The summed E-state index contributed by atoms with van der Waals surface area (Å²) in [6.45, 7) is 3.74. The molecule has 5 nitrogen and oxygen atoms in total. The zero-order chi connectivity index (χ0) is 13.1. The average Bonchev–Trinajstić information content (AvgIpc) is 2.84. The molecule has 1 N–H and O–H groups in total. The van der Waals surface area contributed by atoms with Crippen LogP contribution in [0.4, 0.5) is 11.5 Å². The molecule has 0 saturated carbocycles. The molecule has 0 bridgehead atoms. The van der Waals surface area contributed by atoms with Gasteiger partial charge in [0.15, 0.2) is 0 Å². The lowest BCUT2D eigenvalue weighted by Crippen LogP contribution is -2.08. The fourth-order valence-corrected chi connectivity index (χ4v) is 2.35. The van der Waals surface area contributed by atoms with Crippen molar-refractivity contribution in [3.05, 3.63) is 50.3 Å². The van der Waals surface area contributed by atoms with Gasteiger partial charge in [-0.3, -0.25) is 10.1 Å². The topological polar surface area (TPSA) is 68.1 Å². The number of nitrogens with one attached hydrogen (secondary N) is 1. The number of aryl methyl sites for hydroxylation is 1. The van der Waals surface area contributed by atoms with E-state index in [-0.39, 0.29) is 11.7 Å². The summed E-state index contributed by atoms with van der Waals surface area (Å²) < 4.78 is 0. The lowest BCUT2D eigenvalue weighted by molar-refractivity contribution is -0.384. The van der Waals surface area contributed by atoms with Crippen molar-refractivity contribution < 1.29 is 4.92 Å². The van der Waals surface area contributed by atoms with Gasteiger partial charge in [0.05, 0.1) is 11.0 Å². The molecule has 94 valence electrons. The Labute approximate surface area is 109 Å². The van der Waals surface area contributed by atoms with Gasteiger partial charge in [-0.05, 0) is 30.9 Å². The SMILES string of the molecule is Cc1cnc(NC(C)c2cccs2)c([N+](=O)[O-])c1. The molecule has 0 aliphatic carbocycles. The van der Waals surface area contributed by atoms with Gasteiger partial charge in [-0.2, -0.15) is 0 Å². The minimum absolute atomic E-state index is 0.00101. The summed E-state index contributed by atoms with van der Waals surface area (Å²) in [5.41, 5.74) is 0.787. The van der Waals surface area contributed by atoms with Gasteiger partial charge in [0.1, 0.15) is 0 Å².